The molecule has 0 saturated heterocycles. The molecule has 0 radical (unpaired) electrons. The van der Waals surface area contributed by atoms with Gasteiger partial charge < -0.3 is 10.2 Å². The smallest absolute Gasteiger partial charge is 0.318 e. The molecular weight excluding hydrogens is 326 g/mol. The Kier molecular flexibility index (Phi) is 4.73. The van der Waals surface area contributed by atoms with Crippen LogP contribution in [0.15, 0.2) is 11.4 Å². The fourth-order valence-electron chi connectivity index (χ4n) is 3.36. The maximum absolute atomic E-state index is 12.8. The maximum atomic E-state index is 12.8. The summed E-state index contributed by atoms with van der Waals surface area (Å²) in [4.78, 5) is 21.8. The average molecular weight is 350 g/mol. The first-order chi connectivity index (χ1) is 11.0. The number of aryl methyl sites for hydroxylation is 2. The first kappa shape index (κ1) is 16.5. The summed E-state index contributed by atoms with van der Waals surface area (Å²) in [7, 11) is 0. The van der Waals surface area contributed by atoms with Gasteiger partial charge in [-0.05, 0) is 50.6 Å². The van der Waals surface area contributed by atoms with Crippen LogP contribution in [0.5, 0.6) is 0 Å². The first-order valence-corrected chi connectivity index (χ1v) is 9.78. The summed E-state index contributed by atoms with van der Waals surface area (Å²) in [5, 5.41) is 6.36. The van der Waals surface area contributed by atoms with Crippen molar-refractivity contribution in [1.82, 2.24) is 15.2 Å². The van der Waals surface area contributed by atoms with E-state index in [-0.39, 0.29) is 18.1 Å². The highest BCUT2D eigenvalue weighted by Gasteiger charge is 2.31. The summed E-state index contributed by atoms with van der Waals surface area (Å²) in [6.07, 6.45) is 1.91. The van der Waals surface area contributed by atoms with Gasteiger partial charge in [-0.1, -0.05) is 6.92 Å². The van der Waals surface area contributed by atoms with E-state index in [4.69, 9.17) is 0 Å². The Labute approximate surface area is 145 Å². The van der Waals surface area contributed by atoms with Crippen LogP contribution in [0.25, 0.3) is 0 Å². The highest BCUT2D eigenvalue weighted by molar-refractivity contribution is 7.11. The van der Waals surface area contributed by atoms with Crippen LogP contribution in [-0.2, 0) is 6.42 Å². The molecule has 6 heteroatoms. The van der Waals surface area contributed by atoms with Gasteiger partial charge >= 0.3 is 6.03 Å². The fraction of sp³-hybridized carbons (Fsp3) is 0.529. The summed E-state index contributed by atoms with van der Waals surface area (Å²) in [6.45, 7) is 9.00. The number of thiophene rings is 1. The summed E-state index contributed by atoms with van der Waals surface area (Å²) >= 11 is 3.47. The minimum Gasteiger partial charge on any atom is -0.331 e. The lowest BCUT2D eigenvalue weighted by Gasteiger charge is -2.36. The normalized spacial score (nSPS) is 18.6. The molecule has 2 aromatic heterocycles. The summed E-state index contributed by atoms with van der Waals surface area (Å²) in [6, 6.07) is 2.40. The molecule has 0 aliphatic carbocycles. The second kappa shape index (κ2) is 6.61. The Hall–Kier alpha value is -1.40. The van der Waals surface area contributed by atoms with Gasteiger partial charge in [0.1, 0.15) is 0 Å². The van der Waals surface area contributed by atoms with Gasteiger partial charge in [-0.15, -0.1) is 22.7 Å². The molecule has 3 heterocycles. The first-order valence-electron chi connectivity index (χ1n) is 8.08. The summed E-state index contributed by atoms with van der Waals surface area (Å²) in [5.74, 6) is 0. The molecule has 2 atom stereocenters. The van der Waals surface area contributed by atoms with E-state index < -0.39 is 0 Å². The van der Waals surface area contributed by atoms with E-state index in [1.165, 1.54) is 10.4 Å². The fourth-order valence-corrected chi connectivity index (χ4v) is 5.22. The predicted octanol–water partition coefficient (Wildman–Crippen LogP) is 4.60. The highest BCUT2D eigenvalue weighted by Crippen LogP contribution is 2.35. The van der Waals surface area contributed by atoms with Gasteiger partial charge in [0, 0.05) is 16.3 Å². The molecule has 1 N–H and O–H groups in total. The largest absolute Gasteiger partial charge is 0.331 e. The van der Waals surface area contributed by atoms with E-state index in [0.29, 0.717) is 0 Å². The number of fused-ring (bicyclic) bond motifs is 1. The van der Waals surface area contributed by atoms with Gasteiger partial charge in [-0.3, -0.25) is 0 Å². The van der Waals surface area contributed by atoms with Gasteiger partial charge in [0.05, 0.1) is 22.8 Å². The van der Waals surface area contributed by atoms with Crippen molar-refractivity contribution >= 4 is 28.7 Å². The number of nitrogens with one attached hydrogen (secondary N) is 1. The van der Waals surface area contributed by atoms with E-state index in [1.54, 1.807) is 11.3 Å². The number of aromatic nitrogens is 1. The van der Waals surface area contributed by atoms with E-state index in [2.05, 4.69) is 28.7 Å². The van der Waals surface area contributed by atoms with Crippen molar-refractivity contribution < 1.29 is 4.79 Å². The van der Waals surface area contributed by atoms with Crippen LogP contribution in [0.2, 0.25) is 0 Å². The zero-order valence-electron chi connectivity index (χ0n) is 14.0. The quantitative estimate of drug-likeness (QED) is 0.880. The van der Waals surface area contributed by atoms with E-state index in [9.17, 15) is 4.79 Å². The van der Waals surface area contributed by atoms with Gasteiger partial charge in [0.2, 0.25) is 0 Å². The molecule has 3 rings (SSSR count). The molecule has 1 aliphatic rings. The van der Waals surface area contributed by atoms with Crippen molar-refractivity contribution in [2.75, 3.05) is 6.54 Å². The Morgan fingerprint density at radius 1 is 1.52 bits per heavy atom. The lowest BCUT2D eigenvalue weighted by atomic mass is 9.98. The highest BCUT2D eigenvalue weighted by atomic mass is 32.1. The Balaban J connectivity index is 1.74. The lowest BCUT2D eigenvalue weighted by molar-refractivity contribution is 0.165. The van der Waals surface area contributed by atoms with Gasteiger partial charge in [0.25, 0.3) is 0 Å². The molecular formula is C17H23N3OS2. The summed E-state index contributed by atoms with van der Waals surface area (Å²) in [5.41, 5.74) is 2.35. The maximum Gasteiger partial charge on any atom is 0.318 e. The van der Waals surface area contributed by atoms with E-state index in [1.807, 2.05) is 37.0 Å². The van der Waals surface area contributed by atoms with Crippen LogP contribution in [-0.4, -0.2) is 22.5 Å². The number of carbonyl (C=O) groups excluding carboxylic acids is 1. The van der Waals surface area contributed by atoms with Crippen LogP contribution in [0.4, 0.5) is 4.79 Å². The van der Waals surface area contributed by atoms with Gasteiger partial charge in [0.15, 0.2) is 0 Å². The standard InChI is InChI=1S/C17H23N3OS2/c1-5-14-13-7-9-22-15(13)6-8-20(14)17(21)19-11(3)16-10(2)18-12(4)23-16/h7,9,11,14H,5-6,8H2,1-4H3,(H,19,21)/t11-,14+/m1/s1. The predicted molar refractivity (Wildman–Crippen MR) is 96.3 cm³/mol. The summed E-state index contributed by atoms with van der Waals surface area (Å²) < 4.78 is 0. The third-order valence-corrected chi connectivity index (χ3v) is 6.67. The van der Waals surface area contributed by atoms with Crippen LogP contribution < -0.4 is 5.32 Å². The van der Waals surface area contributed by atoms with Crippen molar-refractivity contribution in [3.8, 4) is 0 Å². The van der Waals surface area contributed by atoms with Crippen LogP contribution >= 0.6 is 22.7 Å². The number of hydrogen-bond acceptors (Lipinski definition) is 4. The molecule has 4 nitrogen and oxygen atoms in total. The van der Waals surface area contributed by atoms with Crippen molar-refractivity contribution in [1.29, 1.82) is 0 Å². The molecule has 0 bridgehead atoms. The minimum atomic E-state index is -0.00456. The van der Waals surface area contributed by atoms with Crippen molar-refractivity contribution in [2.24, 2.45) is 0 Å². The van der Waals surface area contributed by atoms with Crippen LogP contribution in [0.3, 0.4) is 0 Å². The third-order valence-electron chi connectivity index (χ3n) is 4.42. The molecule has 0 unspecified atom stereocenters. The number of hydrogen-bond donors (Lipinski definition) is 1. The lowest BCUT2D eigenvalue weighted by Crippen LogP contribution is -2.45. The zero-order chi connectivity index (χ0) is 16.6. The van der Waals surface area contributed by atoms with Crippen LogP contribution in [0.1, 0.15) is 58.4 Å². The molecule has 23 heavy (non-hydrogen) atoms. The SMILES string of the molecule is CC[C@H]1c2ccsc2CCN1C(=O)N[C@H](C)c1sc(C)nc1C. The minimum absolute atomic E-state index is 0.00456. The number of nitrogens with zero attached hydrogens (tertiary/aromatic N) is 2. The van der Waals surface area contributed by atoms with E-state index in [0.717, 1.165) is 35.0 Å². The van der Waals surface area contributed by atoms with Crippen LogP contribution in [0, 0.1) is 13.8 Å². The monoisotopic (exact) mass is 349 g/mol. The van der Waals surface area contributed by atoms with Gasteiger partial charge in [-0.25, -0.2) is 9.78 Å². The number of urea groups is 1. The number of thiazole rings is 1. The molecule has 124 valence electrons. The molecule has 1 aliphatic heterocycles. The average Bonchev–Trinajstić information content (AvgIpc) is 3.11. The molecule has 2 amide bonds. The molecule has 0 aromatic carbocycles. The number of carbonyl (C=O) groups is 1. The second-order valence-electron chi connectivity index (χ2n) is 6.02. The molecule has 0 spiro atoms. The van der Waals surface area contributed by atoms with Crippen molar-refractivity contribution in [3.05, 3.63) is 37.5 Å². The molecule has 2 aromatic rings. The van der Waals surface area contributed by atoms with E-state index >= 15 is 0 Å². The van der Waals surface area contributed by atoms with Crippen molar-refractivity contribution in [2.45, 2.75) is 52.6 Å². The number of rotatable bonds is 3. The number of amides is 2. The zero-order valence-corrected chi connectivity index (χ0v) is 15.7. The molecule has 0 saturated carbocycles. The second-order valence-corrected chi connectivity index (χ2v) is 8.26. The Morgan fingerprint density at radius 2 is 2.30 bits per heavy atom. The topological polar surface area (TPSA) is 45.2 Å². The van der Waals surface area contributed by atoms with Crippen molar-refractivity contribution in [3.63, 3.8) is 0 Å². The Morgan fingerprint density at radius 3 is 2.96 bits per heavy atom. The molecule has 0 fully saturated rings. The third kappa shape index (κ3) is 3.15. The Bertz CT molecular complexity index is 707. The van der Waals surface area contributed by atoms with Gasteiger partial charge in [-0.2, -0.15) is 0 Å².